The maximum absolute atomic E-state index is 13.6. The number of anilines is 1. The van der Waals surface area contributed by atoms with Crippen molar-refractivity contribution >= 4 is 35.4 Å². The Morgan fingerprint density at radius 2 is 0.854 bits per heavy atom. The Hall–Kier alpha value is -5.36. The number of rotatable bonds is 64. The topological polar surface area (TPSA) is 326 Å². The second-order valence-corrected chi connectivity index (χ2v) is 22.7. The Kier molecular flexibility index (Phi) is 52.9. The molecule has 552 valence electrons. The Morgan fingerprint density at radius 3 is 1.22 bits per heavy atom. The van der Waals surface area contributed by atoms with Crippen LogP contribution >= 0.6 is 0 Å². The summed E-state index contributed by atoms with van der Waals surface area (Å²) in [7, 11) is 3.26. The van der Waals surface area contributed by atoms with Gasteiger partial charge in [0, 0.05) is 58.3 Å². The summed E-state index contributed by atoms with van der Waals surface area (Å²) in [5, 5.41) is 19.3. The number of aryl methyl sites for hydroxylation is 1. The quantitative estimate of drug-likeness (QED) is 0.0230. The molecule has 30 heteroatoms. The first-order valence-electron chi connectivity index (χ1n) is 33.1. The first-order valence-corrected chi connectivity index (χ1v) is 33.1. The van der Waals surface area contributed by atoms with Crippen LogP contribution in [0.4, 0.5) is 21.0 Å². The number of methoxy groups -OCH3 is 2. The van der Waals surface area contributed by atoms with Crippen LogP contribution in [0.1, 0.15) is 71.9 Å². The van der Waals surface area contributed by atoms with E-state index in [2.05, 4.69) is 20.9 Å². The SMILES string of the molecule is COCCOCCOCCOCCOCCOCCOCCOCCCN(CCCOCCOCCOCCOCCOCCOCCOCCOC)CCCc1cc(NC(=O)[C@H](C)NC(=O)[C@@H](NC(=O)OC(C)(C)C)C(C)C)ccc1COC(=O)Oc1ccc([N+](=O)[O-])cc1. The molecular formula is C66H113N5O25. The lowest BCUT2D eigenvalue weighted by atomic mass is 10.0. The molecule has 0 saturated heterocycles. The Morgan fingerprint density at radius 1 is 0.479 bits per heavy atom. The van der Waals surface area contributed by atoms with Gasteiger partial charge >= 0.3 is 12.2 Å². The van der Waals surface area contributed by atoms with Crippen LogP contribution in [0.2, 0.25) is 0 Å². The number of ether oxygens (including phenoxy) is 19. The summed E-state index contributed by atoms with van der Waals surface area (Å²) in [5.41, 5.74) is 0.881. The van der Waals surface area contributed by atoms with Crippen LogP contribution < -0.4 is 20.7 Å². The van der Waals surface area contributed by atoms with E-state index in [0.717, 1.165) is 31.5 Å². The molecule has 2 atom stereocenters. The van der Waals surface area contributed by atoms with Gasteiger partial charge in [0.25, 0.3) is 5.69 Å². The van der Waals surface area contributed by atoms with E-state index in [0.29, 0.717) is 229 Å². The molecule has 2 aromatic carbocycles. The summed E-state index contributed by atoms with van der Waals surface area (Å²) in [6.45, 7) is 26.3. The summed E-state index contributed by atoms with van der Waals surface area (Å²) < 4.78 is 104. The van der Waals surface area contributed by atoms with E-state index in [-0.39, 0.29) is 24.0 Å². The van der Waals surface area contributed by atoms with Crippen LogP contribution in [0.5, 0.6) is 5.75 Å². The Labute approximate surface area is 567 Å². The van der Waals surface area contributed by atoms with E-state index in [1.54, 1.807) is 67.0 Å². The minimum atomic E-state index is -1.02. The number of carbonyl (C=O) groups is 4. The number of amides is 3. The smallest absolute Gasteiger partial charge is 0.444 e. The van der Waals surface area contributed by atoms with Gasteiger partial charge in [-0.15, -0.1) is 0 Å². The highest BCUT2D eigenvalue weighted by Crippen LogP contribution is 2.22. The molecule has 0 heterocycles. The highest BCUT2D eigenvalue weighted by molar-refractivity contribution is 5.98. The monoisotopic (exact) mass is 1380 g/mol. The number of alkyl carbamates (subject to hydrolysis) is 1. The minimum Gasteiger partial charge on any atom is -0.444 e. The standard InChI is InChI=1S/C66H113N5O25/c1-54(2)61(69-64(74)96-66(4,5)6)63(73)67-55(3)62(72)68-58-14-13-57(53-94-65(75)95-60-17-15-59(16-18-60)71(76)77)56(52-58)12-9-19-70(20-10-22-80-28-30-84-36-38-88-44-46-92-50-48-90-42-40-86-34-32-82-26-24-78-7)21-11-23-81-29-31-85-37-39-89-45-47-93-51-49-91-43-41-87-35-33-83-27-25-79-8/h13-18,52,54-55,61H,9-12,19-51,53H2,1-8H3,(H,67,73)(H,68,72)(H,69,74)/t55-,61-/m0/s1. The van der Waals surface area contributed by atoms with Gasteiger partial charge in [0.05, 0.1) is 190 Å². The fraction of sp³-hybridized carbons (Fsp3) is 0.758. The van der Waals surface area contributed by atoms with E-state index in [9.17, 15) is 29.3 Å². The number of hydrogen-bond donors (Lipinski definition) is 3. The van der Waals surface area contributed by atoms with Gasteiger partial charge in [-0.25, -0.2) is 9.59 Å². The van der Waals surface area contributed by atoms with E-state index < -0.39 is 46.7 Å². The van der Waals surface area contributed by atoms with Crippen molar-refractivity contribution in [2.24, 2.45) is 5.92 Å². The number of carbonyl (C=O) groups excluding carboxylic acids is 4. The van der Waals surface area contributed by atoms with E-state index in [4.69, 9.17) is 90.0 Å². The summed E-state index contributed by atoms with van der Waals surface area (Å²) >= 11 is 0. The van der Waals surface area contributed by atoms with Gasteiger partial charge in [-0.05, 0) is 101 Å². The lowest BCUT2D eigenvalue weighted by Crippen LogP contribution is -2.54. The average Bonchev–Trinajstić information content (AvgIpc) is 1.07. The predicted octanol–water partition coefficient (Wildman–Crippen LogP) is 5.84. The van der Waals surface area contributed by atoms with Crippen molar-refractivity contribution in [3.05, 3.63) is 63.7 Å². The van der Waals surface area contributed by atoms with Crippen LogP contribution in [0.15, 0.2) is 42.5 Å². The number of nitro benzene ring substituents is 1. The molecule has 0 radical (unpaired) electrons. The molecule has 3 amide bonds. The van der Waals surface area contributed by atoms with Crippen molar-refractivity contribution in [2.75, 3.05) is 237 Å². The molecule has 96 heavy (non-hydrogen) atoms. The summed E-state index contributed by atoms with van der Waals surface area (Å²) in [6.07, 6.45) is 0.869. The molecule has 3 N–H and O–H groups in total. The first-order chi connectivity index (χ1) is 46.5. The van der Waals surface area contributed by atoms with E-state index in [1.807, 2.05) is 0 Å². The minimum absolute atomic E-state index is 0.0597. The van der Waals surface area contributed by atoms with Gasteiger partial charge in [-0.2, -0.15) is 0 Å². The molecule has 2 aromatic rings. The number of hydrogen-bond acceptors (Lipinski definition) is 26. The Balaban J connectivity index is 1.94. The fourth-order valence-electron chi connectivity index (χ4n) is 8.30. The number of non-ortho nitro benzene ring substituents is 1. The first kappa shape index (κ1) is 86.7. The zero-order chi connectivity index (χ0) is 70.0. The van der Waals surface area contributed by atoms with Crippen LogP contribution in [0.3, 0.4) is 0 Å². The van der Waals surface area contributed by atoms with E-state index >= 15 is 0 Å². The fourth-order valence-corrected chi connectivity index (χ4v) is 8.30. The van der Waals surface area contributed by atoms with Crippen molar-refractivity contribution in [3.8, 4) is 5.75 Å². The number of nitrogens with one attached hydrogen (secondary N) is 3. The molecular weight excluding hydrogens is 1260 g/mol. The van der Waals surface area contributed by atoms with Gasteiger partial charge in [0.2, 0.25) is 11.8 Å². The molecule has 0 aromatic heterocycles. The highest BCUT2D eigenvalue weighted by Gasteiger charge is 2.29. The predicted molar refractivity (Wildman–Crippen MR) is 354 cm³/mol. The summed E-state index contributed by atoms with van der Waals surface area (Å²) in [5.74, 6) is -1.35. The lowest BCUT2D eigenvalue weighted by molar-refractivity contribution is -0.384. The van der Waals surface area contributed by atoms with Crippen molar-refractivity contribution in [1.82, 2.24) is 15.5 Å². The van der Waals surface area contributed by atoms with Gasteiger partial charge < -0.3 is 111 Å². The van der Waals surface area contributed by atoms with Crippen molar-refractivity contribution in [2.45, 2.75) is 91.5 Å². The third kappa shape index (κ3) is 49.2. The molecule has 2 rings (SSSR count). The third-order valence-corrected chi connectivity index (χ3v) is 13.2. The molecule has 30 nitrogen and oxygen atoms in total. The van der Waals surface area contributed by atoms with Gasteiger partial charge in [-0.3, -0.25) is 19.7 Å². The normalized spacial score (nSPS) is 12.3. The largest absolute Gasteiger partial charge is 0.514 e. The van der Waals surface area contributed by atoms with Crippen LogP contribution in [0, 0.1) is 16.0 Å². The molecule has 0 bridgehead atoms. The number of nitrogens with zero attached hydrogens (tertiary/aromatic N) is 2. The van der Waals surface area contributed by atoms with Crippen molar-refractivity contribution in [1.29, 1.82) is 0 Å². The average molecular weight is 1380 g/mol. The molecule has 0 spiro atoms. The maximum atomic E-state index is 13.6. The number of benzene rings is 2. The summed E-state index contributed by atoms with van der Waals surface area (Å²) in [4.78, 5) is 65.4. The highest BCUT2D eigenvalue weighted by atomic mass is 16.7. The third-order valence-electron chi connectivity index (χ3n) is 13.2. The zero-order valence-electron chi connectivity index (χ0n) is 58.2. The van der Waals surface area contributed by atoms with Crippen LogP contribution in [-0.4, -0.2) is 284 Å². The maximum Gasteiger partial charge on any atom is 0.514 e. The van der Waals surface area contributed by atoms with Gasteiger partial charge in [0.1, 0.15) is 30.0 Å². The van der Waals surface area contributed by atoms with Crippen molar-refractivity contribution < 1.29 is 114 Å². The van der Waals surface area contributed by atoms with Gasteiger partial charge in [0.15, 0.2) is 0 Å². The second kappa shape index (κ2) is 58.6. The van der Waals surface area contributed by atoms with Crippen molar-refractivity contribution in [3.63, 3.8) is 0 Å². The molecule has 0 aliphatic carbocycles. The molecule has 0 fully saturated rings. The van der Waals surface area contributed by atoms with E-state index in [1.165, 1.54) is 31.2 Å². The van der Waals surface area contributed by atoms with Gasteiger partial charge in [-0.1, -0.05) is 19.9 Å². The molecule has 0 unspecified atom stereocenters. The molecule has 0 saturated carbocycles. The zero-order valence-corrected chi connectivity index (χ0v) is 58.2. The lowest BCUT2D eigenvalue weighted by Gasteiger charge is -2.26. The summed E-state index contributed by atoms with van der Waals surface area (Å²) in [6, 6.07) is 8.20. The van der Waals surface area contributed by atoms with Crippen LogP contribution in [0.25, 0.3) is 0 Å². The molecule has 0 aliphatic rings. The van der Waals surface area contributed by atoms with Crippen LogP contribution in [-0.2, 0) is 108 Å². The number of nitro groups is 1. The Bertz CT molecular complexity index is 2220. The molecule has 0 aliphatic heterocycles. The second-order valence-electron chi connectivity index (χ2n) is 22.7.